The van der Waals surface area contributed by atoms with Gasteiger partial charge in [0, 0.05) is 16.9 Å². The summed E-state index contributed by atoms with van der Waals surface area (Å²) in [7, 11) is -3.39. The van der Waals surface area contributed by atoms with Crippen molar-refractivity contribution in [3.05, 3.63) is 41.1 Å². The van der Waals surface area contributed by atoms with Crippen molar-refractivity contribution in [3.63, 3.8) is 0 Å². The minimum atomic E-state index is -3.39. The van der Waals surface area contributed by atoms with Gasteiger partial charge in [-0.15, -0.1) is 0 Å². The summed E-state index contributed by atoms with van der Waals surface area (Å²) in [5, 5.41) is 0. The lowest BCUT2D eigenvalue weighted by Crippen LogP contribution is -2.03. The summed E-state index contributed by atoms with van der Waals surface area (Å²) in [5.74, 6) is 0.745. The van der Waals surface area contributed by atoms with E-state index in [1.165, 1.54) is 12.3 Å². The molecule has 19 heavy (non-hydrogen) atoms. The quantitative estimate of drug-likeness (QED) is 0.867. The Morgan fingerprint density at radius 2 is 2.05 bits per heavy atom. The number of ether oxygens (including phenoxy) is 1. The molecule has 2 rings (SSSR count). The van der Waals surface area contributed by atoms with Crippen LogP contribution < -0.4 is 10.5 Å². The van der Waals surface area contributed by atoms with Crippen LogP contribution in [0.4, 0.5) is 5.69 Å². The van der Waals surface area contributed by atoms with Gasteiger partial charge >= 0.3 is 0 Å². The average molecular weight is 343 g/mol. The first kappa shape index (κ1) is 13.8. The van der Waals surface area contributed by atoms with Crippen molar-refractivity contribution in [2.45, 2.75) is 4.90 Å². The minimum Gasteiger partial charge on any atom is -0.453 e. The number of hydrogen-bond acceptors (Lipinski definition) is 5. The Hall–Kier alpha value is -1.60. The van der Waals surface area contributed by atoms with Crippen molar-refractivity contribution in [1.29, 1.82) is 0 Å². The van der Waals surface area contributed by atoms with E-state index in [2.05, 4.69) is 20.9 Å². The number of nitrogens with zero attached hydrogens (tertiary/aromatic N) is 1. The zero-order chi connectivity index (χ0) is 14.0. The Morgan fingerprint density at radius 1 is 1.32 bits per heavy atom. The Kier molecular flexibility index (Phi) is 3.77. The molecule has 1 aromatic heterocycles. The molecule has 7 heteroatoms. The van der Waals surface area contributed by atoms with Crippen LogP contribution >= 0.6 is 15.9 Å². The van der Waals surface area contributed by atoms with Gasteiger partial charge < -0.3 is 10.5 Å². The molecule has 1 aromatic carbocycles. The van der Waals surface area contributed by atoms with E-state index in [0.717, 1.165) is 10.7 Å². The molecule has 0 radical (unpaired) electrons. The molecule has 5 nitrogen and oxygen atoms in total. The second kappa shape index (κ2) is 5.18. The van der Waals surface area contributed by atoms with Crippen molar-refractivity contribution in [1.82, 2.24) is 4.98 Å². The van der Waals surface area contributed by atoms with E-state index in [9.17, 15) is 8.42 Å². The first-order chi connectivity index (χ1) is 8.88. The number of nitrogen functional groups attached to an aromatic ring is 1. The van der Waals surface area contributed by atoms with Crippen LogP contribution in [0.3, 0.4) is 0 Å². The molecule has 0 unspecified atom stereocenters. The van der Waals surface area contributed by atoms with Crippen LogP contribution in [0.25, 0.3) is 0 Å². The number of rotatable bonds is 3. The second-order valence-electron chi connectivity index (χ2n) is 3.88. The predicted molar refractivity (Wildman–Crippen MR) is 76.0 cm³/mol. The van der Waals surface area contributed by atoms with E-state index in [1.54, 1.807) is 24.4 Å². The second-order valence-corrected chi connectivity index (χ2v) is 6.78. The van der Waals surface area contributed by atoms with Gasteiger partial charge in [0.25, 0.3) is 0 Å². The van der Waals surface area contributed by atoms with E-state index < -0.39 is 9.84 Å². The fourth-order valence-corrected chi connectivity index (χ4v) is 2.68. The topological polar surface area (TPSA) is 82.3 Å². The van der Waals surface area contributed by atoms with Crippen molar-refractivity contribution in [2.75, 3.05) is 12.0 Å². The molecular weight excluding hydrogens is 332 g/mol. The molecule has 0 saturated carbocycles. The highest BCUT2D eigenvalue weighted by Crippen LogP contribution is 2.32. The highest BCUT2D eigenvalue weighted by Gasteiger charge is 2.15. The molecule has 100 valence electrons. The van der Waals surface area contributed by atoms with Crippen LogP contribution in [0, 0.1) is 0 Å². The Bertz CT molecular complexity index is 717. The van der Waals surface area contributed by atoms with Crippen molar-refractivity contribution < 1.29 is 13.2 Å². The SMILES string of the molecule is CS(=O)(=O)c1cccc(Oc2cncc(Br)c2)c1N. The van der Waals surface area contributed by atoms with Gasteiger partial charge in [-0.05, 0) is 34.1 Å². The maximum absolute atomic E-state index is 11.6. The van der Waals surface area contributed by atoms with Gasteiger partial charge in [0.15, 0.2) is 15.6 Å². The molecule has 0 amide bonds. The molecule has 0 aliphatic rings. The zero-order valence-corrected chi connectivity index (χ0v) is 12.4. The Morgan fingerprint density at radius 3 is 2.68 bits per heavy atom. The first-order valence-electron chi connectivity index (χ1n) is 5.25. The molecule has 0 saturated heterocycles. The van der Waals surface area contributed by atoms with Crippen LogP contribution in [0.1, 0.15) is 0 Å². The third kappa shape index (κ3) is 3.24. The van der Waals surface area contributed by atoms with Gasteiger partial charge in [-0.25, -0.2) is 8.42 Å². The third-order valence-corrected chi connectivity index (χ3v) is 3.92. The Balaban J connectivity index is 2.42. The lowest BCUT2D eigenvalue weighted by Gasteiger charge is -2.11. The van der Waals surface area contributed by atoms with Crippen molar-refractivity contribution >= 4 is 31.5 Å². The fourth-order valence-electron chi connectivity index (χ4n) is 1.51. The largest absolute Gasteiger partial charge is 0.453 e. The monoisotopic (exact) mass is 342 g/mol. The number of para-hydroxylation sites is 1. The highest BCUT2D eigenvalue weighted by atomic mass is 79.9. The maximum Gasteiger partial charge on any atom is 0.177 e. The molecule has 2 aromatic rings. The van der Waals surface area contributed by atoms with E-state index in [1.807, 2.05) is 0 Å². The van der Waals surface area contributed by atoms with Crippen LogP contribution in [0.5, 0.6) is 11.5 Å². The zero-order valence-electron chi connectivity index (χ0n) is 10.00. The molecule has 0 aliphatic carbocycles. The van der Waals surface area contributed by atoms with E-state index >= 15 is 0 Å². The summed E-state index contributed by atoms with van der Waals surface area (Å²) in [5.41, 5.74) is 5.91. The van der Waals surface area contributed by atoms with Gasteiger partial charge in [0.2, 0.25) is 0 Å². The predicted octanol–water partition coefficient (Wildman–Crippen LogP) is 2.62. The summed E-state index contributed by atoms with van der Waals surface area (Å²) in [6, 6.07) is 6.33. The number of hydrogen-bond donors (Lipinski definition) is 1. The van der Waals surface area contributed by atoms with E-state index in [0.29, 0.717) is 5.75 Å². The number of anilines is 1. The van der Waals surface area contributed by atoms with Crippen LogP contribution in [0.2, 0.25) is 0 Å². The van der Waals surface area contributed by atoms with Gasteiger partial charge in [0.05, 0.1) is 16.8 Å². The number of nitrogens with two attached hydrogens (primary N) is 1. The summed E-state index contributed by atoms with van der Waals surface area (Å²) in [6.45, 7) is 0. The summed E-state index contributed by atoms with van der Waals surface area (Å²) in [6.07, 6.45) is 4.23. The fraction of sp³-hybridized carbons (Fsp3) is 0.0833. The maximum atomic E-state index is 11.6. The third-order valence-electron chi connectivity index (χ3n) is 2.33. The van der Waals surface area contributed by atoms with Gasteiger partial charge in [0.1, 0.15) is 5.75 Å². The van der Waals surface area contributed by atoms with E-state index in [-0.39, 0.29) is 16.3 Å². The van der Waals surface area contributed by atoms with Gasteiger partial charge in [-0.1, -0.05) is 6.07 Å². The standard InChI is InChI=1S/C12H11BrN2O3S/c1-19(16,17)11-4-2-3-10(12(11)14)18-9-5-8(13)6-15-7-9/h2-7H,14H2,1H3. The van der Waals surface area contributed by atoms with Gasteiger partial charge in [-0.2, -0.15) is 0 Å². The van der Waals surface area contributed by atoms with Crippen LogP contribution in [0.15, 0.2) is 46.0 Å². The molecule has 0 spiro atoms. The molecule has 0 bridgehead atoms. The number of halogens is 1. The normalized spacial score (nSPS) is 11.3. The van der Waals surface area contributed by atoms with Gasteiger partial charge in [-0.3, -0.25) is 4.98 Å². The molecular formula is C12H11BrN2O3S. The summed E-state index contributed by atoms with van der Waals surface area (Å²) in [4.78, 5) is 4.00. The van der Waals surface area contributed by atoms with Crippen LogP contribution in [-0.4, -0.2) is 19.7 Å². The number of aromatic nitrogens is 1. The lowest BCUT2D eigenvalue weighted by atomic mass is 10.3. The molecule has 1 heterocycles. The molecule has 2 N–H and O–H groups in total. The van der Waals surface area contributed by atoms with E-state index in [4.69, 9.17) is 10.5 Å². The summed E-state index contributed by atoms with van der Waals surface area (Å²) >= 11 is 3.27. The smallest absolute Gasteiger partial charge is 0.177 e. The van der Waals surface area contributed by atoms with Crippen molar-refractivity contribution in [3.8, 4) is 11.5 Å². The number of benzene rings is 1. The van der Waals surface area contributed by atoms with Crippen molar-refractivity contribution in [2.24, 2.45) is 0 Å². The Labute approximate surface area is 119 Å². The summed E-state index contributed by atoms with van der Waals surface area (Å²) < 4.78 is 29.4. The minimum absolute atomic E-state index is 0.0490. The number of pyridine rings is 1. The first-order valence-corrected chi connectivity index (χ1v) is 7.93. The number of sulfone groups is 1. The van der Waals surface area contributed by atoms with Crippen LogP contribution in [-0.2, 0) is 9.84 Å². The average Bonchev–Trinajstić information content (AvgIpc) is 2.30. The highest BCUT2D eigenvalue weighted by molar-refractivity contribution is 9.10. The molecule has 0 atom stereocenters. The lowest BCUT2D eigenvalue weighted by molar-refractivity contribution is 0.480. The molecule has 0 fully saturated rings. The molecule has 0 aliphatic heterocycles.